The zero-order valence-corrected chi connectivity index (χ0v) is 24.2. The van der Waals surface area contributed by atoms with Crippen LogP contribution >= 0.6 is 0 Å². The number of hydrogen-bond acceptors (Lipinski definition) is 3. The van der Waals surface area contributed by atoms with Crippen LogP contribution in [0.1, 0.15) is 49.7 Å². The minimum atomic E-state index is -0.0566. The van der Waals surface area contributed by atoms with E-state index in [9.17, 15) is 9.59 Å². The van der Waals surface area contributed by atoms with Crippen molar-refractivity contribution in [1.29, 1.82) is 0 Å². The Morgan fingerprint density at radius 1 is 0.929 bits per heavy atom. The molecule has 2 aromatic carbocycles. The van der Waals surface area contributed by atoms with Gasteiger partial charge < -0.3 is 14.4 Å². The Labute approximate surface area is 246 Å². The average molecular weight is 555 g/mol. The van der Waals surface area contributed by atoms with Crippen LogP contribution in [0.3, 0.4) is 0 Å². The first-order chi connectivity index (χ1) is 20.4. The molecule has 2 aromatic heterocycles. The van der Waals surface area contributed by atoms with Crippen LogP contribution in [-0.2, 0) is 13.0 Å². The third kappa shape index (κ3) is 5.23. The molecule has 0 saturated heterocycles. The molecule has 0 radical (unpaired) electrons. The molecule has 0 bridgehead atoms. The van der Waals surface area contributed by atoms with Gasteiger partial charge in [-0.05, 0) is 103 Å². The molecule has 4 aromatic rings. The molecule has 210 valence electrons. The Morgan fingerprint density at radius 3 is 2.50 bits per heavy atom. The molecular formula is C36H34N4O2. The molecule has 0 saturated carbocycles. The molecule has 0 unspecified atom stereocenters. The highest BCUT2D eigenvalue weighted by Crippen LogP contribution is 2.33. The summed E-state index contributed by atoms with van der Waals surface area (Å²) in [6.07, 6.45) is 13.1. The third-order valence-electron chi connectivity index (χ3n) is 8.16. The molecule has 2 aliphatic rings. The predicted octanol–water partition coefficient (Wildman–Crippen LogP) is 6.82. The Morgan fingerprint density at radius 2 is 1.71 bits per heavy atom. The maximum Gasteiger partial charge on any atom is 0.270 e. The van der Waals surface area contributed by atoms with Crippen molar-refractivity contribution in [3.63, 3.8) is 0 Å². The van der Waals surface area contributed by atoms with Gasteiger partial charge in [-0.15, -0.1) is 0 Å². The number of carbonyl (C=O) groups excluding carboxylic acids is 2. The van der Waals surface area contributed by atoms with Crippen LogP contribution in [0.25, 0.3) is 17.3 Å². The standard InChI is InChI=1S/C36H34N4O2/c1-25-8-4-6-10-31(25)32-14-12-28(22-26(32)2)35(41)40-24-30-13-15-34(39(30)23-29-9-5-7-11-33(29)40)36(42)38(3)21-18-27-16-19-37-20-17-27/h4-8,10-17,19-20,22-23H,9,18,21,24H2,1-3H3. The highest BCUT2D eigenvalue weighted by molar-refractivity contribution is 5.98. The molecule has 6 rings (SSSR count). The van der Waals surface area contributed by atoms with E-state index in [-0.39, 0.29) is 11.8 Å². The first-order valence-electron chi connectivity index (χ1n) is 14.3. The number of nitrogens with zero attached hydrogens (tertiary/aromatic N) is 4. The molecule has 1 aliphatic heterocycles. The fourth-order valence-corrected chi connectivity index (χ4v) is 5.75. The van der Waals surface area contributed by atoms with Gasteiger partial charge in [0.05, 0.1) is 6.54 Å². The Kier molecular flexibility index (Phi) is 7.44. The highest BCUT2D eigenvalue weighted by atomic mass is 16.2. The lowest BCUT2D eigenvalue weighted by Gasteiger charge is -2.26. The largest absolute Gasteiger partial charge is 0.340 e. The molecule has 1 aliphatic carbocycles. The summed E-state index contributed by atoms with van der Waals surface area (Å²) < 4.78 is 1.97. The second-order valence-corrected chi connectivity index (χ2v) is 11.0. The summed E-state index contributed by atoms with van der Waals surface area (Å²) in [5, 5.41) is 0. The number of rotatable bonds is 6. The van der Waals surface area contributed by atoms with E-state index in [1.807, 2.05) is 83.4 Å². The Balaban J connectivity index is 1.28. The minimum Gasteiger partial charge on any atom is -0.340 e. The van der Waals surface area contributed by atoms with Crippen LogP contribution in [0.2, 0.25) is 0 Å². The molecular weight excluding hydrogens is 520 g/mol. The molecule has 3 heterocycles. The Hall–Kier alpha value is -4.97. The van der Waals surface area contributed by atoms with Gasteiger partial charge >= 0.3 is 0 Å². The number of fused-ring (bicyclic) bond motifs is 2. The molecule has 0 atom stereocenters. The van der Waals surface area contributed by atoms with Crippen molar-refractivity contribution in [2.75, 3.05) is 13.6 Å². The van der Waals surface area contributed by atoms with Gasteiger partial charge in [-0.2, -0.15) is 0 Å². The van der Waals surface area contributed by atoms with Gasteiger partial charge in [0, 0.05) is 49.1 Å². The zero-order valence-electron chi connectivity index (χ0n) is 24.2. The minimum absolute atomic E-state index is 0.0498. The number of benzene rings is 2. The summed E-state index contributed by atoms with van der Waals surface area (Å²) in [6, 6.07) is 22.0. The summed E-state index contributed by atoms with van der Waals surface area (Å²) in [5.74, 6) is -0.106. The van der Waals surface area contributed by atoms with Crippen molar-refractivity contribution in [1.82, 2.24) is 19.4 Å². The van der Waals surface area contributed by atoms with Gasteiger partial charge in [0.15, 0.2) is 0 Å². The number of aromatic nitrogens is 2. The number of pyridine rings is 1. The van der Waals surface area contributed by atoms with Gasteiger partial charge in [-0.3, -0.25) is 14.6 Å². The fraction of sp³-hybridized carbons (Fsp3) is 0.194. The molecule has 2 amide bonds. The second-order valence-electron chi connectivity index (χ2n) is 11.0. The molecule has 42 heavy (non-hydrogen) atoms. The van der Waals surface area contributed by atoms with Crippen LogP contribution in [0, 0.1) is 13.8 Å². The second kappa shape index (κ2) is 11.5. The lowest BCUT2D eigenvalue weighted by atomic mass is 9.94. The highest BCUT2D eigenvalue weighted by Gasteiger charge is 2.29. The van der Waals surface area contributed by atoms with Crippen molar-refractivity contribution >= 4 is 18.0 Å². The summed E-state index contributed by atoms with van der Waals surface area (Å²) in [6.45, 7) is 5.12. The van der Waals surface area contributed by atoms with Gasteiger partial charge in [0.25, 0.3) is 11.8 Å². The number of aryl methyl sites for hydroxylation is 2. The van der Waals surface area contributed by atoms with Crippen molar-refractivity contribution < 1.29 is 9.59 Å². The van der Waals surface area contributed by atoms with E-state index >= 15 is 0 Å². The van der Waals surface area contributed by atoms with E-state index in [1.54, 1.807) is 17.3 Å². The number of amides is 2. The normalized spacial score (nSPS) is 13.9. The maximum atomic E-state index is 14.1. The number of hydrogen-bond donors (Lipinski definition) is 0. The van der Waals surface area contributed by atoms with Gasteiger partial charge in [-0.1, -0.05) is 42.5 Å². The molecule has 6 nitrogen and oxygen atoms in total. The zero-order chi connectivity index (χ0) is 29.2. The average Bonchev–Trinajstić information content (AvgIpc) is 3.32. The molecule has 0 spiro atoms. The predicted molar refractivity (Wildman–Crippen MR) is 167 cm³/mol. The van der Waals surface area contributed by atoms with E-state index in [1.165, 1.54) is 11.1 Å². The first-order valence-corrected chi connectivity index (χ1v) is 14.3. The van der Waals surface area contributed by atoms with Crippen LogP contribution in [0.15, 0.2) is 109 Å². The SMILES string of the molecule is Cc1ccccc1-c1ccc(C(=O)N2Cc3ccc(C(=O)N(C)CCc4ccncc4)n3C=C3CC=CC=C32)cc1C. The lowest BCUT2D eigenvalue weighted by molar-refractivity contribution is 0.0788. The number of allylic oxidation sites excluding steroid dienone is 4. The van der Waals surface area contributed by atoms with Crippen molar-refractivity contribution in [2.45, 2.75) is 33.2 Å². The maximum absolute atomic E-state index is 14.1. The van der Waals surface area contributed by atoms with Gasteiger partial charge in [0.1, 0.15) is 5.69 Å². The fourth-order valence-electron chi connectivity index (χ4n) is 5.75. The molecule has 0 N–H and O–H groups in total. The van der Waals surface area contributed by atoms with Gasteiger partial charge in [-0.25, -0.2) is 0 Å². The number of likely N-dealkylation sites (N-methyl/N-ethyl adjacent to an activating group) is 1. The topological polar surface area (TPSA) is 58.4 Å². The van der Waals surface area contributed by atoms with E-state index in [4.69, 9.17) is 0 Å². The monoisotopic (exact) mass is 554 g/mol. The Bertz CT molecular complexity index is 1760. The summed E-state index contributed by atoms with van der Waals surface area (Å²) in [4.78, 5) is 35.3. The van der Waals surface area contributed by atoms with E-state index in [2.05, 4.69) is 43.1 Å². The van der Waals surface area contributed by atoms with Crippen molar-refractivity contribution in [3.05, 3.63) is 142 Å². The van der Waals surface area contributed by atoms with E-state index in [0.717, 1.165) is 40.1 Å². The van der Waals surface area contributed by atoms with E-state index < -0.39 is 0 Å². The third-order valence-corrected chi connectivity index (χ3v) is 8.16. The summed E-state index contributed by atoms with van der Waals surface area (Å²) in [7, 11) is 1.83. The lowest BCUT2D eigenvalue weighted by Crippen LogP contribution is -2.31. The van der Waals surface area contributed by atoms with Gasteiger partial charge in [0.2, 0.25) is 0 Å². The summed E-state index contributed by atoms with van der Waals surface area (Å²) in [5.41, 5.74) is 9.72. The van der Waals surface area contributed by atoms with Crippen LogP contribution < -0.4 is 0 Å². The van der Waals surface area contributed by atoms with Crippen LogP contribution in [0.5, 0.6) is 0 Å². The quantitative estimate of drug-likeness (QED) is 0.263. The van der Waals surface area contributed by atoms with Crippen LogP contribution in [-0.4, -0.2) is 44.8 Å². The smallest absolute Gasteiger partial charge is 0.270 e. The molecule has 6 heteroatoms. The number of carbonyl (C=O) groups is 2. The first kappa shape index (κ1) is 27.2. The van der Waals surface area contributed by atoms with Crippen LogP contribution in [0.4, 0.5) is 0 Å². The molecule has 0 fully saturated rings. The van der Waals surface area contributed by atoms with E-state index in [0.29, 0.717) is 30.8 Å². The summed E-state index contributed by atoms with van der Waals surface area (Å²) >= 11 is 0. The van der Waals surface area contributed by atoms with Crippen molar-refractivity contribution in [3.8, 4) is 11.1 Å². The van der Waals surface area contributed by atoms with Crippen molar-refractivity contribution in [2.24, 2.45) is 0 Å².